The van der Waals surface area contributed by atoms with Crippen molar-refractivity contribution >= 4 is 11.8 Å². The molecule has 8 nitrogen and oxygen atoms in total. The molecule has 1 aliphatic rings. The Balaban J connectivity index is 2.16. The van der Waals surface area contributed by atoms with Gasteiger partial charge in [-0.05, 0) is 11.4 Å². The molecular weight excluding hydrogens is 224 g/mol. The standard InChI is InChI=1S/C9H8N6O2/c10-2-7-4-13-17-9(7)15-5-6(1-8(15)16)3-12-14-11/h4,6H,1,3,5H2. The molecular formula is C9H8N6O2. The zero-order valence-electron chi connectivity index (χ0n) is 8.78. The molecule has 1 fully saturated rings. The van der Waals surface area contributed by atoms with Gasteiger partial charge in [-0.1, -0.05) is 10.3 Å². The van der Waals surface area contributed by atoms with Gasteiger partial charge in [0.05, 0.1) is 6.20 Å². The van der Waals surface area contributed by atoms with Crippen molar-refractivity contribution in [2.75, 3.05) is 18.0 Å². The molecule has 1 amide bonds. The zero-order chi connectivity index (χ0) is 12.3. The van der Waals surface area contributed by atoms with Gasteiger partial charge in [-0.25, -0.2) is 0 Å². The molecule has 1 aliphatic heterocycles. The quantitative estimate of drug-likeness (QED) is 0.441. The molecule has 1 unspecified atom stereocenters. The molecule has 2 heterocycles. The molecule has 86 valence electrons. The van der Waals surface area contributed by atoms with E-state index in [1.54, 1.807) is 0 Å². The van der Waals surface area contributed by atoms with Crippen LogP contribution in [0.2, 0.25) is 0 Å². The maximum absolute atomic E-state index is 11.7. The highest BCUT2D eigenvalue weighted by Gasteiger charge is 2.33. The minimum absolute atomic E-state index is 0.0463. The maximum atomic E-state index is 11.7. The zero-order valence-corrected chi connectivity index (χ0v) is 8.78. The number of nitriles is 1. The van der Waals surface area contributed by atoms with E-state index in [4.69, 9.17) is 15.3 Å². The summed E-state index contributed by atoms with van der Waals surface area (Å²) in [6.45, 7) is 0.635. The second-order valence-electron chi connectivity index (χ2n) is 3.64. The van der Waals surface area contributed by atoms with Gasteiger partial charge in [0.15, 0.2) is 0 Å². The third-order valence-corrected chi connectivity index (χ3v) is 2.53. The van der Waals surface area contributed by atoms with Crippen LogP contribution in [0.15, 0.2) is 15.8 Å². The highest BCUT2D eigenvalue weighted by atomic mass is 16.5. The average molecular weight is 232 g/mol. The van der Waals surface area contributed by atoms with Gasteiger partial charge in [0.1, 0.15) is 11.6 Å². The van der Waals surface area contributed by atoms with E-state index in [9.17, 15) is 4.79 Å². The predicted molar refractivity (Wildman–Crippen MR) is 55.7 cm³/mol. The van der Waals surface area contributed by atoms with Gasteiger partial charge in [0.25, 0.3) is 5.88 Å². The second-order valence-corrected chi connectivity index (χ2v) is 3.64. The van der Waals surface area contributed by atoms with E-state index in [1.165, 1.54) is 11.1 Å². The number of hydrogen-bond donors (Lipinski definition) is 0. The highest BCUT2D eigenvalue weighted by molar-refractivity contribution is 5.95. The summed E-state index contributed by atoms with van der Waals surface area (Å²) in [6.07, 6.45) is 1.55. The van der Waals surface area contributed by atoms with E-state index in [0.717, 1.165) is 0 Å². The van der Waals surface area contributed by atoms with Crippen LogP contribution in [-0.2, 0) is 4.79 Å². The number of hydrogen-bond acceptors (Lipinski definition) is 5. The van der Waals surface area contributed by atoms with Crippen LogP contribution in [-0.4, -0.2) is 24.2 Å². The van der Waals surface area contributed by atoms with E-state index >= 15 is 0 Å². The monoisotopic (exact) mass is 232 g/mol. The highest BCUT2D eigenvalue weighted by Crippen LogP contribution is 2.27. The van der Waals surface area contributed by atoms with Crippen LogP contribution < -0.4 is 4.90 Å². The molecule has 1 atom stereocenters. The predicted octanol–water partition coefficient (Wildman–Crippen LogP) is 1.21. The molecule has 0 saturated carbocycles. The third-order valence-electron chi connectivity index (χ3n) is 2.53. The molecule has 0 aromatic carbocycles. The fourth-order valence-electron chi connectivity index (χ4n) is 1.76. The van der Waals surface area contributed by atoms with Crippen LogP contribution in [0.25, 0.3) is 10.4 Å². The minimum Gasteiger partial charge on any atom is -0.337 e. The summed E-state index contributed by atoms with van der Waals surface area (Å²) >= 11 is 0. The number of rotatable bonds is 3. The first-order valence-corrected chi connectivity index (χ1v) is 4.92. The van der Waals surface area contributed by atoms with Gasteiger partial charge in [-0.3, -0.25) is 9.69 Å². The van der Waals surface area contributed by atoms with E-state index in [0.29, 0.717) is 6.54 Å². The summed E-state index contributed by atoms with van der Waals surface area (Å²) < 4.78 is 4.89. The molecule has 0 spiro atoms. The molecule has 1 aromatic rings. The molecule has 1 saturated heterocycles. The van der Waals surface area contributed by atoms with Crippen LogP contribution in [0.5, 0.6) is 0 Å². The van der Waals surface area contributed by atoms with Crippen molar-refractivity contribution in [3.63, 3.8) is 0 Å². The van der Waals surface area contributed by atoms with Crippen molar-refractivity contribution in [2.45, 2.75) is 6.42 Å². The molecule has 1 aromatic heterocycles. The molecule has 17 heavy (non-hydrogen) atoms. The van der Waals surface area contributed by atoms with Gasteiger partial charge >= 0.3 is 0 Å². The first-order chi connectivity index (χ1) is 8.26. The Morgan fingerprint density at radius 3 is 3.35 bits per heavy atom. The molecule has 0 bridgehead atoms. The fourth-order valence-corrected chi connectivity index (χ4v) is 1.76. The molecule has 0 aliphatic carbocycles. The molecule has 8 heteroatoms. The maximum Gasteiger partial charge on any atom is 0.251 e. The molecule has 2 rings (SSSR count). The van der Waals surface area contributed by atoms with E-state index < -0.39 is 0 Å². The summed E-state index contributed by atoms with van der Waals surface area (Å²) in [5.74, 6) is -0.0348. The van der Waals surface area contributed by atoms with Crippen molar-refractivity contribution in [2.24, 2.45) is 11.0 Å². The number of nitrogens with zero attached hydrogens (tertiary/aromatic N) is 6. The Bertz CT molecular complexity index is 524. The summed E-state index contributed by atoms with van der Waals surface area (Å²) in [7, 11) is 0. The van der Waals surface area contributed by atoms with Gasteiger partial charge < -0.3 is 4.52 Å². The van der Waals surface area contributed by atoms with E-state index in [2.05, 4.69) is 15.2 Å². The Labute approximate surface area is 96.0 Å². The largest absolute Gasteiger partial charge is 0.337 e. The van der Waals surface area contributed by atoms with Crippen LogP contribution in [0, 0.1) is 17.2 Å². The molecule has 0 N–H and O–H groups in total. The lowest BCUT2D eigenvalue weighted by molar-refractivity contribution is -0.117. The Morgan fingerprint density at radius 1 is 1.82 bits per heavy atom. The van der Waals surface area contributed by atoms with Gasteiger partial charge in [0, 0.05) is 24.4 Å². The number of amides is 1. The summed E-state index contributed by atoms with van der Waals surface area (Å²) in [6, 6.07) is 1.90. The van der Waals surface area contributed by atoms with Crippen LogP contribution in [0.1, 0.15) is 12.0 Å². The topological polar surface area (TPSA) is 119 Å². The van der Waals surface area contributed by atoms with Gasteiger partial charge in [0.2, 0.25) is 5.91 Å². The summed E-state index contributed by atoms with van der Waals surface area (Å²) in [4.78, 5) is 15.7. The fraction of sp³-hybridized carbons (Fsp3) is 0.444. The Morgan fingerprint density at radius 2 is 2.65 bits per heavy atom. The van der Waals surface area contributed by atoms with Gasteiger partial charge in [-0.2, -0.15) is 5.26 Å². The number of carbonyl (C=O) groups excluding carboxylic acids is 1. The lowest BCUT2D eigenvalue weighted by Gasteiger charge is -2.11. The minimum atomic E-state index is -0.156. The van der Waals surface area contributed by atoms with Crippen molar-refractivity contribution in [1.29, 1.82) is 5.26 Å². The first-order valence-electron chi connectivity index (χ1n) is 4.92. The Hall–Kier alpha value is -2.52. The lowest BCUT2D eigenvalue weighted by Crippen LogP contribution is -2.25. The lowest BCUT2D eigenvalue weighted by atomic mass is 10.1. The van der Waals surface area contributed by atoms with Crippen molar-refractivity contribution in [1.82, 2.24) is 5.16 Å². The first kappa shape index (κ1) is 11.0. The Kier molecular flexibility index (Phi) is 2.94. The number of carbonyl (C=O) groups is 1. The average Bonchev–Trinajstić information content (AvgIpc) is 2.92. The van der Waals surface area contributed by atoms with Crippen LogP contribution in [0.4, 0.5) is 5.88 Å². The van der Waals surface area contributed by atoms with Crippen LogP contribution >= 0.6 is 0 Å². The summed E-state index contributed by atoms with van der Waals surface area (Å²) in [5, 5.41) is 15.7. The third kappa shape index (κ3) is 2.04. The smallest absolute Gasteiger partial charge is 0.251 e. The molecule has 0 radical (unpaired) electrons. The second kappa shape index (κ2) is 4.55. The normalized spacial score (nSPS) is 18.9. The van der Waals surface area contributed by atoms with Gasteiger partial charge in [-0.15, -0.1) is 0 Å². The van der Waals surface area contributed by atoms with Crippen molar-refractivity contribution in [3.05, 3.63) is 22.2 Å². The number of azide groups is 1. The SMILES string of the molecule is N#Cc1cnoc1N1CC(CN=[N+]=[N-])CC1=O. The van der Waals surface area contributed by atoms with Crippen molar-refractivity contribution < 1.29 is 9.32 Å². The summed E-state index contributed by atoms with van der Waals surface area (Å²) in [5.41, 5.74) is 8.44. The number of anilines is 1. The van der Waals surface area contributed by atoms with E-state index in [-0.39, 0.29) is 36.2 Å². The van der Waals surface area contributed by atoms with Crippen LogP contribution in [0.3, 0.4) is 0 Å². The number of aromatic nitrogens is 1. The van der Waals surface area contributed by atoms with E-state index in [1.807, 2.05) is 6.07 Å². The van der Waals surface area contributed by atoms with Crippen molar-refractivity contribution in [3.8, 4) is 6.07 Å².